The number of carbonyl (C=O) groups is 1. The Hall–Kier alpha value is -1.42. The van der Waals surface area contributed by atoms with E-state index in [4.69, 9.17) is 5.73 Å². The molecule has 1 saturated carbocycles. The SMILES string of the molecule is C[C@H](NC(=O)C1CCC(N)CC1)c1ccc(F)cc1. The minimum atomic E-state index is -0.261. The van der Waals surface area contributed by atoms with E-state index in [0.29, 0.717) is 0 Å². The van der Waals surface area contributed by atoms with Crippen LogP contribution in [0, 0.1) is 11.7 Å². The number of hydrogen-bond acceptors (Lipinski definition) is 2. The van der Waals surface area contributed by atoms with Gasteiger partial charge in [0.1, 0.15) is 5.82 Å². The molecule has 0 bridgehead atoms. The molecule has 0 aromatic heterocycles. The third-order valence-electron chi connectivity index (χ3n) is 3.87. The predicted molar refractivity (Wildman–Crippen MR) is 72.9 cm³/mol. The zero-order valence-corrected chi connectivity index (χ0v) is 11.2. The summed E-state index contributed by atoms with van der Waals surface area (Å²) in [4.78, 5) is 12.1. The van der Waals surface area contributed by atoms with E-state index < -0.39 is 0 Å². The summed E-state index contributed by atoms with van der Waals surface area (Å²) >= 11 is 0. The maximum Gasteiger partial charge on any atom is 0.223 e. The number of halogens is 1. The van der Waals surface area contributed by atoms with Gasteiger partial charge < -0.3 is 11.1 Å². The molecule has 3 N–H and O–H groups in total. The minimum absolute atomic E-state index is 0.0719. The smallest absolute Gasteiger partial charge is 0.223 e. The van der Waals surface area contributed by atoms with Crippen molar-refractivity contribution >= 4 is 5.91 Å². The van der Waals surface area contributed by atoms with E-state index in [1.54, 1.807) is 12.1 Å². The third kappa shape index (κ3) is 3.77. The first-order valence-electron chi connectivity index (χ1n) is 6.87. The van der Waals surface area contributed by atoms with Crippen LogP contribution in [0.4, 0.5) is 4.39 Å². The van der Waals surface area contributed by atoms with E-state index in [-0.39, 0.29) is 29.7 Å². The fraction of sp³-hybridized carbons (Fsp3) is 0.533. The molecular weight excluding hydrogens is 243 g/mol. The van der Waals surface area contributed by atoms with Crippen molar-refractivity contribution in [1.82, 2.24) is 5.32 Å². The summed E-state index contributed by atoms with van der Waals surface area (Å²) in [5.41, 5.74) is 6.76. The first-order valence-corrected chi connectivity index (χ1v) is 6.87. The monoisotopic (exact) mass is 264 g/mol. The van der Waals surface area contributed by atoms with Gasteiger partial charge >= 0.3 is 0 Å². The van der Waals surface area contributed by atoms with Gasteiger partial charge in [-0.05, 0) is 50.3 Å². The second-order valence-electron chi connectivity index (χ2n) is 5.39. The lowest BCUT2D eigenvalue weighted by Crippen LogP contribution is -2.37. The molecule has 3 nitrogen and oxygen atoms in total. The van der Waals surface area contributed by atoms with Crippen LogP contribution in [0.3, 0.4) is 0 Å². The number of rotatable bonds is 3. The molecule has 0 heterocycles. The molecule has 104 valence electrons. The molecule has 0 unspecified atom stereocenters. The van der Waals surface area contributed by atoms with E-state index in [1.165, 1.54) is 12.1 Å². The van der Waals surface area contributed by atoms with Crippen molar-refractivity contribution in [3.05, 3.63) is 35.6 Å². The van der Waals surface area contributed by atoms with Crippen LogP contribution >= 0.6 is 0 Å². The molecule has 4 heteroatoms. The highest BCUT2D eigenvalue weighted by Gasteiger charge is 2.25. The minimum Gasteiger partial charge on any atom is -0.349 e. The van der Waals surface area contributed by atoms with Crippen molar-refractivity contribution in [2.75, 3.05) is 0 Å². The fourth-order valence-corrected chi connectivity index (χ4v) is 2.55. The van der Waals surface area contributed by atoms with Gasteiger partial charge in [-0.15, -0.1) is 0 Å². The second kappa shape index (κ2) is 6.15. The van der Waals surface area contributed by atoms with Crippen molar-refractivity contribution in [2.24, 2.45) is 11.7 Å². The van der Waals surface area contributed by atoms with Crippen molar-refractivity contribution in [3.63, 3.8) is 0 Å². The van der Waals surface area contributed by atoms with E-state index in [1.807, 2.05) is 6.92 Å². The van der Waals surface area contributed by atoms with Gasteiger partial charge in [-0.1, -0.05) is 12.1 Å². The second-order valence-corrected chi connectivity index (χ2v) is 5.39. The lowest BCUT2D eigenvalue weighted by molar-refractivity contribution is -0.126. The van der Waals surface area contributed by atoms with Crippen LogP contribution in [-0.2, 0) is 4.79 Å². The van der Waals surface area contributed by atoms with Gasteiger partial charge in [0.2, 0.25) is 5.91 Å². The molecule has 0 radical (unpaired) electrons. The number of amides is 1. The quantitative estimate of drug-likeness (QED) is 0.881. The molecule has 1 aromatic carbocycles. The zero-order valence-electron chi connectivity index (χ0n) is 11.2. The van der Waals surface area contributed by atoms with Crippen LogP contribution in [0.1, 0.15) is 44.2 Å². The Morgan fingerprint density at radius 3 is 2.42 bits per heavy atom. The Kier molecular flexibility index (Phi) is 4.53. The third-order valence-corrected chi connectivity index (χ3v) is 3.87. The molecule has 1 aromatic rings. The summed E-state index contributed by atoms with van der Waals surface area (Å²) in [7, 11) is 0. The fourth-order valence-electron chi connectivity index (χ4n) is 2.55. The van der Waals surface area contributed by atoms with Crippen molar-refractivity contribution in [3.8, 4) is 0 Å². The Morgan fingerprint density at radius 2 is 1.84 bits per heavy atom. The summed E-state index contributed by atoms with van der Waals surface area (Å²) < 4.78 is 12.8. The van der Waals surface area contributed by atoms with Gasteiger partial charge in [0.05, 0.1) is 6.04 Å². The Bertz CT molecular complexity index is 424. The average Bonchev–Trinajstić information content (AvgIpc) is 2.40. The molecular formula is C15H21FN2O. The van der Waals surface area contributed by atoms with E-state index >= 15 is 0 Å². The molecule has 2 rings (SSSR count). The molecule has 0 aliphatic heterocycles. The van der Waals surface area contributed by atoms with E-state index in [9.17, 15) is 9.18 Å². The van der Waals surface area contributed by atoms with Gasteiger partial charge in [0.15, 0.2) is 0 Å². The number of benzene rings is 1. The van der Waals surface area contributed by atoms with Crippen LogP contribution in [0.15, 0.2) is 24.3 Å². The van der Waals surface area contributed by atoms with Crippen molar-refractivity contribution < 1.29 is 9.18 Å². The van der Waals surface area contributed by atoms with Crippen LogP contribution in [-0.4, -0.2) is 11.9 Å². The van der Waals surface area contributed by atoms with Crippen LogP contribution in [0.5, 0.6) is 0 Å². The first kappa shape index (κ1) is 14.0. The van der Waals surface area contributed by atoms with Crippen LogP contribution in [0.2, 0.25) is 0 Å². The van der Waals surface area contributed by atoms with Gasteiger partial charge in [0, 0.05) is 12.0 Å². The molecule has 1 fully saturated rings. The Labute approximate surface area is 113 Å². The summed E-state index contributed by atoms with van der Waals surface area (Å²) in [6, 6.07) is 6.39. The van der Waals surface area contributed by atoms with Crippen molar-refractivity contribution in [1.29, 1.82) is 0 Å². The number of hydrogen-bond donors (Lipinski definition) is 2. The van der Waals surface area contributed by atoms with Crippen molar-refractivity contribution in [2.45, 2.75) is 44.7 Å². The number of nitrogens with one attached hydrogen (secondary N) is 1. The summed E-state index contributed by atoms with van der Waals surface area (Å²) in [6.45, 7) is 1.92. The molecule has 19 heavy (non-hydrogen) atoms. The standard InChI is InChI=1S/C15H21FN2O/c1-10(11-2-6-13(16)7-3-11)18-15(19)12-4-8-14(17)9-5-12/h2-3,6-7,10,12,14H,4-5,8-9,17H2,1H3,(H,18,19)/t10-,12?,14?/m0/s1. The largest absolute Gasteiger partial charge is 0.349 e. The summed E-state index contributed by atoms with van der Waals surface area (Å²) in [5, 5.41) is 3.00. The molecule has 1 atom stereocenters. The van der Waals surface area contributed by atoms with Gasteiger partial charge in [-0.25, -0.2) is 4.39 Å². The molecule has 0 saturated heterocycles. The lowest BCUT2D eigenvalue weighted by atomic mass is 9.85. The average molecular weight is 264 g/mol. The van der Waals surface area contributed by atoms with Gasteiger partial charge in [-0.2, -0.15) is 0 Å². The lowest BCUT2D eigenvalue weighted by Gasteiger charge is -2.26. The van der Waals surface area contributed by atoms with Crippen LogP contribution < -0.4 is 11.1 Å². The van der Waals surface area contributed by atoms with Crippen LogP contribution in [0.25, 0.3) is 0 Å². The highest BCUT2D eigenvalue weighted by atomic mass is 19.1. The predicted octanol–water partition coefficient (Wildman–Crippen LogP) is 2.52. The topological polar surface area (TPSA) is 55.1 Å². The molecule has 0 spiro atoms. The van der Waals surface area contributed by atoms with E-state index in [0.717, 1.165) is 31.2 Å². The molecule has 1 aliphatic carbocycles. The highest BCUT2D eigenvalue weighted by molar-refractivity contribution is 5.79. The van der Waals surface area contributed by atoms with Gasteiger partial charge in [-0.3, -0.25) is 4.79 Å². The Balaban J connectivity index is 1.89. The maximum atomic E-state index is 12.8. The normalized spacial score (nSPS) is 24.8. The summed E-state index contributed by atoms with van der Waals surface area (Å²) in [5.74, 6) is -0.102. The summed E-state index contributed by atoms with van der Waals surface area (Å²) in [6.07, 6.45) is 3.57. The number of carbonyl (C=O) groups excluding carboxylic acids is 1. The van der Waals surface area contributed by atoms with E-state index in [2.05, 4.69) is 5.32 Å². The highest BCUT2D eigenvalue weighted by Crippen LogP contribution is 2.24. The number of nitrogens with two attached hydrogens (primary N) is 1. The molecule has 1 amide bonds. The Morgan fingerprint density at radius 1 is 1.26 bits per heavy atom. The first-order chi connectivity index (χ1) is 9.06. The maximum absolute atomic E-state index is 12.8. The zero-order chi connectivity index (χ0) is 13.8. The van der Waals surface area contributed by atoms with Gasteiger partial charge in [0.25, 0.3) is 0 Å². The molecule has 1 aliphatic rings.